The number of halogens is 1. The number of hydrogen-bond acceptors (Lipinski definition) is 2. The van der Waals surface area contributed by atoms with Gasteiger partial charge in [0.2, 0.25) is 0 Å². The molecular formula is C9H9IO3. The molecule has 13 heavy (non-hydrogen) atoms. The fourth-order valence-corrected chi connectivity index (χ4v) is 1.77. The van der Waals surface area contributed by atoms with Crippen LogP contribution in [0.4, 0.5) is 0 Å². The van der Waals surface area contributed by atoms with Gasteiger partial charge in [-0.3, -0.25) is 4.79 Å². The number of aliphatic hydroxyl groups excluding tert-OH is 1. The zero-order chi connectivity index (χ0) is 9.84. The van der Waals surface area contributed by atoms with Crippen LogP contribution in [0.15, 0.2) is 24.3 Å². The average molecular weight is 292 g/mol. The molecule has 0 amide bonds. The summed E-state index contributed by atoms with van der Waals surface area (Å²) in [5, 5.41) is 18.0. The van der Waals surface area contributed by atoms with Gasteiger partial charge in [-0.15, -0.1) is 0 Å². The summed E-state index contributed by atoms with van der Waals surface area (Å²) in [4.78, 5) is 10.3. The van der Waals surface area contributed by atoms with Crippen molar-refractivity contribution in [3.05, 3.63) is 33.4 Å². The third kappa shape index (κ3) is 2.96. The maximum absolute atomic E-state index is 10.3. The Labute approximate surface area is 89.5 Å². The van der Waals surface area contributed by atoms with E-state index in [1.54, 1.807) is 12.1 Å². The first-order valence-electron chi connectivity index (χ1n) is 3.75. The van der Waals surface area contributed by atoms with Gasteiger partial charge in [0.1, 0.15) is 0 Å². The number of aliphatic hydroxyl groups is 1. The highest BCUT2D eigenvalue weighted by atomic mass is 127. The summed E-state index contributed by atoms with van der Waals surface area (Å²) in [5.74, 6) is -0.993. The van der Waals surface area contributed by atoms with Crippen molar-refractivity contribution in [3.63, 3.8) is 0 Å². The Hall–Kier alpha value is -0.620. The molecule has 0 aliphatic carbocycles. The molecule has 1 atom stereocenters. The van der Waals surface area contributed by atoms with E-state index in [2.05, 4.69) is 22.6 Å². The van der Waals surface area contributed by atoms with E-state index in [0.29, 0.717) is 5.56 Å². The molecule has 70 valence electrons. The van der Waals surface area contributed by atoms with Gasteiger partial charge in [0.05, 0.1) is 12.5 Å². The second-order valence-electron chi connectivity index (χ2n) is 2.64. The number of carboxylic acids is 1. The van der Waals surface area contributed by atoms with Crippen molar-refractivity contribution >= 4 is 28.6 Å². The number of hydrogen-bond donors (Lipinski definition) is 2. The predicted octanol–water partition coefficient (Wildman–Crippen LogP) is 1.80. The molecular weight excluding hydrogens is 283 g/mol. The molecule has 0 saturated heterocycles. The number of benzene rings is 1. The van der Waals surface area contributed by atoms with Gasteiger partial charge >= 0.3 is 5.97 Å². The Morgan fingerprint density at radius 3 is 2.62 bits per heavy atom. The molecule has 0 aliphatic heterocycles. The molecule has 0 heterocycles. The van der Waals surface area contributed by atoms with E-state index in [1.165, 1.54) is 0 Å². The Kier molecular flexibility index (Phi) is 3.68. The normalized spacial score (nSPS) is 12.5. The largest absolute Gasteiger partial charge is 0.481 e. The van der Waals surface area contributed by atoms with Crippen LogP contribution in [-0.4, -0.2) is 16.2 Å². The molecule has 0 aliphatic rings. The van der Waals surface area contributed by atoms with Crippen molar-refractivity contribution in [2.24, 2.45) is 0 Å². The number of rotatable bonds is 3. The maximum Gasteiger partial charge on any atom is 0.306 e. The minimum Gasteiger partial charge on any atom is -0.481 e. The molecule has 1 aromatic rings. The first kappa shape index (κ1) is 10.5. The molecule has 1 rings (SSSR count). The summed E-state index contributed by atoms with van der Waals surface area (Å²) < 4.78 is 0.883. The maximum atomic E-state index is 10.3. The third-order valence-corrected chi connectivity index (χ3v) is 2.61. The van der Waals surface area contributed by atoms with Crippen molar-refractivity contribution in [2.45, 2.75) is 12.5 Å². The summed E-state index contributed by atoms with van der Waals surface area (Å²) in [6.45, 7) is 0. The zero-order valence-electron chi connectivity index (χ0n) is 6.77. The average Bonchev–Trinajstić information content (AvgIpc) is 2.03. The van der Waals surface area contributed by atoms with Gasteiger partial charge in [0.15, 0.2) is 0 Å². The smallest absolute Gasteiger partial charge is 0.306 e. The fourth-order valence-electron chi connectivity index (χ4n) is 1.02. The van der Waals surface area contributed by atoms with E-state index >= 15 is 0 Å². The molecule has 2 N–H and O–H groups in total. The van der Waals surface area contributed by atoms with E-state index in [1.807, 2.05) is 12.1 Å². The van der Waals surface area contributed by atoms with Crippen LogP contribution in [0.25, 0.3) is 0 Å². The highest BCUT2D eigenvalue weighted by Crippen LogP contribution is 2.21. The van der Waals surface area contributed by atoms with E-state index in [4.69, 9.17) is 5.11 Å². The van der Waals surface area contributed by atoms with Crippen LogP contribution < -0.4 is 0 Å². The van der Waals surface area contributed by atoms with Crippen molar-refractivity contribution in [2.75, 3.05) is 0 Å². The first-order valence-corrected chi connectivity index (χ1v) is 4.83. The molecule has 0 saturated carbocycles. The van der Waals surface area contributed by atoms with Gasteiger partial charge in [-0.25, -0.2) is 0 Å². The van der Waals surface area contributed by atoms with Gasteiger partial charge in [-0.2, -0.15) is 0 Å². The lowest BCUT2D eigenvalue weighted by Crippen LogP contribution is -2.06. The monoisotopic (exact) mass is 292 g/mol. The van der Waals surface area contributed by atoms with Gasteiger partial charge in [-0.1, -0.05) is 18.2 Å². The molecule has 0 bridgehead atoms. The van der Waals surface area contributed by atoms with Crippen LogP contribution in [0.5, 0.6) is 0 Å². The number of carbonyl (C=O) groups is 1. The van der Waals surface area contributed by atoms with Crippen LogP contribution in [0.1, 0.15) is 18.1 Å². The first-order chi connectivity index (χ1) is 6.11. The molecule has 0 spiro atoms. The lowest BCUT2D eigenvalue weighted by molar-refractivity contribution is -0.139. The lowest BCUT2D eigenvalue weighted by atomic mass is 10.1. The van der Waals surface area contributed by atoms with Crippen molar-refractivity contribution in [1.29, 1.82) is 0 Å². The molecule has 1 aromatic carbocycles. The second kappa shape index (κ2) is 4.57. The minimum absolute atomic E-state index is 0.250. The van der Waals surface area contributed by atoms with Gasteiger partial charge in [0.25, 0.3) is 0 Å². The Balaban J connectivity index is 2.82. The highest BCUT2D eigenvalue weighted by Gasteiger charge is 2.13. The van der Waals surface area contributed by atoms with E-state index in [0.717, 1.165) is 3.57 Å². The van der Waals surface area contributed by atoms with Crippen LogP contribution in [0.3, 0.4) is 0 Å². The molecule has 4 heteroatoms. The summed E-state index contributed by atoms with van der Waals surface area (Å²) in [5.41, 5.74) is 0.672. The Morgan fingerprint density at radius 1 is 1.46 bits per heavy atom. The Bertz CT molecular complexity index is 311. The fraction of sp³-hybridized carbons (Fsp3) is 0.222. The van der Waals surface area contributed by atoms with Crippen LogP contribution >= 0.6 is 22.6 Å². The summed E-state index contributed by atoms with van der Waals surface area (Å²) >= 11 is 2.07. The quantitative estimate of drug-likeness (QED) is 0.835. The Morgan fingerprint density at radius 2 is 2.08 bits per heavy atom. The van der Waals surface area contributed by atoms with Crippen molar-refractivity contribution in [3.8, 4) is 0 Å². The van der Waals surface area contributed by atoms with E-state index in [9.17, 15) is 9.90 Å². The van der Waals surface area contributed by atoms with Gasteiger partial charge < -0.3 is 10.2 Å². The molecule has 0 aromatic heterocycles. The topological polar surface area (TPSA) is 57.5 Å². The number of aliphatic carboxylic acids is 1. The van der Waals surface area contributed by atoms with Crippen LogP contribution in [0.2, 0.25) is 0 Å². The molecule has 3 nitrogen and oxygen atoms in total. The zero-order valence-corrected chi connectivity index (χ0v) is 8.93. The van der Waals surface area contributed by atoms with Crippen molar-refractivity contribution in [1.82, 2.24) is 0 Å². The van der Waals surface area contributed by atoms with Gasteiger partial charge in [-0.05, 0) is 34.2 Å². The van der Waals surface area contributed by atoms with E-state index in [-0.39, 0.29) is 6.42 Å². The highest BCUT2D eigenvalue weighted by molar-refractivity contribution is 14.1. The molecule has 0 fully saturated rings. The summed E-state index contributed by atoms with van der Waals surface area (Å²) in [7, 11) is 0. The van der Waals surface area contributed by atoms with Crippen molar-refractivity contribution < 1.29 is 15.0 Å². The standard InChI is InChI=1S/C9H9IO3/c10-7-4-2-1-3-6(7)8(11)5-9(12)13/h1-4,8,11H,5H2,(H,12,13). The molecule has 0 radical (unpaired) electrons. The third-order valence-electron chi connectivity index (χ3n) is 1.63. The van der Waals surface area contributed by atoms with Crippen LogP contribution in [0, 0.1) is 3.57 Å². The SMILES string of the molecule is O=C(O)CC(O)c1ccccc1I. The van der Waals surface area contributed by atoms with E-state index < -0.39 is 12.1 Å². The number of carboxylic acid groups (broad SMARTS) is 1. The summed E-state index contributed by atoms with van der Waals surface area (Å²) in [6.07, 6.45) is -1.16. The second-order valence-corrected chi connectivity index (χ2v) is 3.80. The van der Waals surface area contributed by atoms with Gasteiger partial charge in [0, 0.05) is 3.57 Å². The minimum atomic E-state index is -0.993. The lowest BCUT2D eigenvalue weighted by Gasteiger charge is -2.09. The predicted molar refractivity (Wildman–Crippen MR) is 56.4 cm³/mol. The summed E-state index contributed by atoms with van der Waals surface area (Å²) in [6, 6.07) is 7.19. The van der Waals surface area contributed by atoms with Crippen LogP contribution in [-0.2, 0) is 4.79 Å². The molecule has 1 unspecified atom stereocenters.